The fourth-order valence-corrected chi connectivity index (χ4v) is 2.03. The lowest BCUT2D eigenvalue weighted by molar-refractivity contribution is 0.0698. The van der Waals surface area contributed by atoms with Crippen molar-refractivity contribution in [1.29, 1.82) is 0 Å². The number of carboxylic acids is 1. The van der Waals surface area contributed by atoms with Gasteiger partial charge in [-0.2, -0.15) is 0 Å². The van der Waals surface area contributed by atoms with Crippen molar-refractivity contribution in [3.8, 4) is 0 Å². The van der Waals surface area contributed by atoms with Crippen LogP contribution in [-0.4, -0.2) is 35.1 Å². The van der Waals surface area contributed by atoms with Crippen LogP contribution in [0.15, 0.2) is 24.1 Å². The third kappa shape index (κ3) is 3.32. The number of likely N-dealkylation sites (N-methyl/N-ethyl adjacent to an activating group) is 1. The van der Waals surface area contributed by atoms with Gasteiger partial charge in [0.15, 0.2) is 0 Å². The highest BCUT2D eigenvalue weighted by molar-refractivity contribution is 7.14. The van der Waals surface area contributed by atoms with Crippen molar-refractivity contribution in [2.75, 3.05) is 18.4 Å². The minimum absolute atomic E-state index is 0.109. The minimum Gasteiger partial charge on any atom is -0.478 e. The van der Waals surface area contributed by atoms with E-state index in [4.69, 9.17) is 5.11 Å². The van der Waals surface area contributed by atoms with E-state index in [-0.39, 0.29) is 11.6 Å². The SMILES string of the molecule is C=CCN(CC)C(=O)Nc1sccc1C(=O)O. The predicted molar refractivity (Wildman–Crippen MR) is 67.7 cm³/mol. The fraction of sp³-hybridized carbons (Fsp3) is 0.273. The van der Waals surface area contributed by atoms with Gasteiger partial charge in [0, 0.05) is 13.1 Å². The molecule has 0 radical (unpaired) electrons. The molecule has 0 fully saturated rings. The maximum Gasteiger partial charge on any atom is 0.338 e. The van der Waals surface area contributed by atoms with E-state index in [1.807, 2.05) is 6.92 Å². The Hall–Kier alpha value is -1.82. The molecule has 92 valence electrons. The third-order valence-corrected chi connectivity index (χ3v) is 2.96. The van der Waals surface area contributed by atoms with Crippen LogP contribution < -0.4 is 5.32 Å². The van der Waals surface area contributed by atoms with Gasteiger partial charge in [-0.25, -0.2) is 9.59 Å². The summed E-state index contributed by atoms with van der Waals surface area (Å²) in [4.78, 5) is 24.2. The Kier molecular flexibility index (Phi) is 4.71. The van der Waals surface area contributed by atoms with E-state index >= 15 is 0 Å². The topological polar surface area (TPSA) is 69.6 Å². The smallest absolute Gasteiger partial charge is 0.338 e. The molecule has 0 atom stereocenters. The zero-order valence-electron chi connectivity index (χ0n) is 9.47. The van der Waals surface area contributed by atoms with Crippen LogP contribution in [0.1, 0.15) is 17.3 Å². The highest BCUT2D eigenvalue weighted by Crippen LogP contribution is 2.23. The first kappa shape index (κ1) is 13.2. The Morgan fingerprint density at radius 1 is 1.65 bits per heavy atom. The molecule has 0 aliphatic carbocycles. The Bertz CT molecular complexity index is 428. The van der Waals surface area contributed by atoms with Gasteiger partial charge in [0.1, 0.15) is 5.00 Å². The Morgan fingerprint density at radius 3 is 2.88 bits per heavy atom. The molecule has 0 saturated heterocycles. The summed E-state index contributed by atoms with van der Waals surface area (Å²) in [7, 11) is 0. The molecule has 2 N–H and O–H groups in total. The summed E-state index contributed by atoms with van der Waals surface area (Å²) in [6, 6.07) is 1.14. The Balaban J connectivity index is 2.76. The molecule has 6 heteroatoms. The number of anilines is 1. The van der Waals surface area contributed by atoms with Crippen LogP contribution in [0.4, 0.5) is 9.80 Å². The first-order valence-corrected chi connectivity index (χ1v) is 5.95. The molecule has 0 unspecified atom stereocenters. The van der Waals surface area contributed by atoms with Crippen molar-refractivity contribution in [2.45, 2.75) is 6.92 Å². The lowest BCUT2D eigenvalue weighted by Gasteiger charge is -2.19. The van der Waals surface area contributed by atoms with Gasteiger partial charge < -0.3 is 10.0 Å². The van der Waals surface area contributed by atoms with Gasteiger partial charge in [0.05, 0.1) is 5.56 Å². The number of aromatic carboxylic acids is 1. The van der Waals surface area contributed by atoms with Crippen LogP contribution in [0, 0.1) is 0 Å². The molecule has 0 saturated carbocycles. The van der Waals surface area contributed by atoms with E-state index in [9.17, 15) is 9.59 Å². The normalized spacial score (nSPS) is 9.71. The molecular weight excluding hydrogens is 240 g/mol. The maximum absolute atomic E-state index is 11.8. The number of carbonyl (C=O) groups is 2. The van der Waals surface area contributed by atoms with Gasteiger partial charge in [-0.1, -0.05) is 6.08 Å². The molecule has 2 amide bonds. The average molecular weight is 254 g/mol. The lowest BCUT2D eigenvalue weighted by atomic mass is 10.3. The first-order chi connectivity index (χ1) is 8.10. The van der Waals surface area contributed by atoms with E-state index in [2.05, 4.69) is 11.9 Å². The van der Waals surface area contributed by atoms with Crippen LogP contribution in [0.5, 0.6) is 0 Å². The number of hydrogen-bond donors (Lipinski definition) is 2. The summed E-state index contributed by atoms with van der Waals surface area (Å²) in [5, 5.41) is 13.5. The number of nitrogens with zero attached hydrogens (tertiary/aromatic N) is 1. The molecule has 1 aromatic heterocycles. The van der Waals surface area contributed by atoms with E-state index in [1.165, 1.54) is 22.3 Å². The van der Waals surface area contributed by atoms with Crippen molar-refractivity contribution in [1.82, 2.24) is 4.90 Å². The summed E-state index contributed by atoms with van der Waals surface area (Å²) in [6.07, 6.45) is 1.62. The minimum atomic E-state index is -1.05. The predicted octanol–water partition coefficient (Wildman–Crippen LogP) is 2.49. The molecule has 0 aliphatic heterocycles. The molecule has 1 heterocycles. The average Bonchev–Trinajstić information content (AvgIpc) is 2.73. The number of nitrogens with one attached hydrogen (secondary N) is 1. The van der Waals surface area contributed by atoms with Gasteiger partial charge in [-0.3, -0.25) is 5.32 Å². The van der Waals surface area contributed by atoms with Crippen molar-refractivity contribution >= 4 is 28.3 Å². The number of thiophene rings is 1. The third-order valence-electron chi connectivity index (χ3n) is 2.13. The second kappa shape index (κ2) is 6.05. The molecule has 0 aliphatic rings. The number of carbonyl (C=O) groups excluding carboxylic acids is 1. The number of amides is 2. The van der Waals surface area contributed by atoms with E-state index in [1.54, 1.807) is 11.5 Å². The van der Waals surface area contributed by atoms with Crippen LogP contribution >= 0.6 is 11.3 Å². The molecule has 0 aromatic carbocycles. The molecule has 0 spiro atoms. The summed E-state index contributed by atoms with van der Waals surface area (Å²) in [5.41, 5.74) is 0.109. The quantitative estimate of drug-likeness (QED) is 0.793. The largest absolute Gasteiger partial charge is 0.478 e. The highest BCUT2D eigenvalue weighted by Gasteiger charge is 2.16. The lowest BCUT2D eigenvalue weighted by Crippen LogP contribution is -2.34. The maximum atomic E-state index is 11.8. The number of urea groups is 1. The zero-order chi connectivity index (χ0) is 12.8. The van der Waals surface area contributed by atoms with Gasteiger partial charge in [0.25, 0.3) is 0 Å². The van der Waals surface area contributed by atoms with Crippen LogP contribution in [0.3, 0.4) is 0 Å². The summed E-state index contributed by atoms with van der Waals surface area (Å²) in [6.45, 7) is 6.36. The van der Waals surface area contributed by atoms with Crippen molar-refractivity contribution in [3.05, 3.63) is 29.7 Å². The summed E-state index contributed by atoms with van der Waals surface area (Å²) in [5.74, 6) is -1.05. The summed E-state index contributed by atoms with van der Waals surface area (Å²) >= 11 is 1.19. The molecule has 0 bridgehead atoms. The zero-order valence-corrected chi connectivity index (χ0v) is 10.3. The molecule has 17 heavy (non-hydrogen) atoms. The highest BCUT2D eigenvalue weighted by atomic mass is 32.1. The van der Waals surface area contributed by atoms with E-state index < -0.39 is 5.97 Å². The van der Waals surface area contributed by atoms with Crippen LogP contribution in [0.25, 0.3) is 0 Å². The van der Waals surface area contributed by atoms with Gasteiger partial charge in [-0.05, 0) is 18.4 Å². The first-order valence-electron chi connectivity index (χ1n) is 5.07. The number of hydrogen-bond acceptors (Lipinski definition) is 3. The standard InChI is InChI=1S/C11H14N2O3S/c1-3-6-13(4-2)11(16)12-9-8(10(14)15)5-7-17-9/h3,5,7H,1,4,6H2,2H3,(H,12,16)(H,14,15). The number of carboxylic acid groups (broad SMARTS) is 1. The monoisotopic (exact) mass is 254 g/mol. The summed E-state index contributed by atoms with van der Waals surface area (Å²) < 4.78 is 0. The second-order valence-electron chi connectivity index (χ2n) is 3.23. The van der Waals surface area contributed by atoms with Crippen LogP contribution in [-0.2, 0) is 0 Å². The molecular formula is C11H14N2O3S. The fourth-order valence-electron chi connectivity index (χ4n) is 1.26. The molecule has 5 nitrogen and oxygen atoms in total. The van der Waals surface area contributed by atoms with Gasteiger partial charge in [-0.15, -0.1) is 17.9 Å². The second-order valence-corrected chi connectivity index (χ2v) is 4.14. The van der Waals surface area contributed by atoms with E-state index in [0.717, 1.165) is 0 Å². The molecule has 1 rings (SSSR count). The number of rotatable bonds is 5. The van der Waals surface area contributed by atoms with Crippen molar-refractivity contribution in [2.24, 2.45) is 0 Å². The van der Waals surface area contributed by atoms with Gasteiger partial charge >= 0.3 is 12.0 Å². The van der Waals surface area contributed by atoms with E-state index in [0.29, 0.717) is 18.1 Å². The van der Waals surface area contributed by atoms with Crippen LogP contribution in [0.2, 0.25) is 0 Å². The van der Waals surface area contributed by atoms with Crippen molar-refractivity contribution in [3.63, 3.8) is 0 Å². The Morgan fingerprint density at radius 2 is 2.35 bits per heavy atom. The molecule has 1 aromatic rings. The van der Waals surface area contributed by atoms with Gasteiger partial charge in [0.2, 0.25) is 0 Å². The van der Waals surface area contributed by atoms with Crippen molar-refractivity contribution < 1.29 is 14.7 Å². The Labute approximate surface area is 103 Å².